The normalized spacial score (nSPS) is 21.5. The average molecular weight is 602 g/mol. The fourth-order valence-corrected chi connectivity index (χ4v) is 7.09. The standard InChI is InChI=1S/C35H47N5O4/c1-22(2)40-20-28(19-37-40)25-14-15-36-31(17-25)34(39-35(43)24-8-6-5-7-9-24)27-10-12-29(30(18-27)38-33(42)21-41)26-11-13-32(44-4)23(3)16-26/h11,13-17,19-20,22,24,27,29-30,34,41H,5-10,12,18,21H2,1-4H3,(H,38,42)(H,39,43). The summed E-state index contributed by atoms with van der Waals surface area (Å²) in [6, 6.07) is 9.98. The number of carbonyl (C=O) groups is 2. The number of carbonyl (C=O) groups excluding carboxylic acids is 2. The largest absolute Gasteiger partial charge is 0.496 e. The van der Waals surface area contributed by atoms with Crippen molar-refractivity contribution in [3.8, 4) is 16.9 Å². The molecule has 0 radical (unpaired) electrons. The molecule has 1 aromatic carbocycles. The van der Waals surface area contributed by atoms with Crippen LogP contribution in [0.25, 0.3) is 11.1 Å². The molecule has 5 rings (SSSR count). The van der Waals surface area contributed by atoms with Crippen molar-refractivity contribution in [2.75, 3.05) is 13.7 Å². The number of nitrogens with one attached hydrogen (secondary N) is 2. The van der Waals surface area contributed by atoms with E-state index in [1.165, 1.54) is 6.42 Å². The van der Waals surface area contributed by atoms with Gasteiger partial charge in [0.1, 0.15) is 12.4 Å². The Morgan fingerprint density at radius 2 is 1.86 bits per heavy atom. The molecular formula is C35H47N5O4. The number of amides is 2. The maximum atomic E-state index is 13.7. The minimum Gasteiger partial charge on any atom is -0.496 e. The van der Waals surface area contributed by atoms with E-state index in [0.717, 1.165) is 72.2 Å². The minimum atomic E-state index is -0.564. The van der Waals surface area contributed by atoms with Crippen molar-refractivity contribution in [2.24, 2.45) is 11.8 Å². The van der Waals surface area contributed by atoms with E-state index in [9.17, 15) is 14.7 Å². The van der Waals surface area contributed by atoms with Gasteiger partial charge in [0.05, 0.1) is 25.0 Å². The zero-order chi connectivity index (χ0) is 31.2. The molecule has 3 N–H and O–H groups in total. The average Bonchev–Trinajstić information content (AvgIpc) is 3.55. The summed E-state index contributed by atoms with van der Waals surface area (Å²) in [5.74, 6) is 0.663. The van der Waals surface area contributed by atoms with Gasteiger partial charge in [-0.05, 0) is 93.7 Å². The van der Waals surface area contributed by atoms with Crippen LogP contribution in [-0.2, 0) is 9.59 Å². The van der Waals surface area contributed by atoms with Gasteiger partial charge in [0.2, 0.25) is 11.8 Å². The molecule has 2 saturated carbocycles. The monoisotopic (exact) mass is 601 g/mol. The van der Waals surface area contributed by atoms with Crippen LogP contribution in [0.2, 0.25) is 0 Å². The molecule has 4 atom stereocenters. The van der Waals surface area contributed by atoms with Crippen molar-refractivity contribution in [1.29, 1.82) is 0 Å². The molecule has 2 amide bonds. The Balaban J connectivity index is 1.46. The summed E-state index contributed by atoms with van der Waals surface area (Å²) in [7, 11) is 1.67. The van der Waals surface area contributed by atoms with Crippen molar-refractivity contribution in [1.82, 2.24) is 25.4 Å². The first kappa shape index (κ1) is 31.7. The van der Waals surface area contributed by atoms with Crippen LogP contribution in [0.3, 0.4) is 0 Å². The van der Waals surface area contributed by atoms with E-state index < -0.39 is 12.5 Å². The van der Waals surface area contributed by atoms with E-state index in [2.05, 4.69) is 47.8 Å². The molecule has 4 unspecified atom stereocenters. The third-order valence-electron chi connectivity index (χ3n) is 9.54. The predicted octanol–water partition coefficient (Wildman–Crippen LogP) is 5.64. The molecule has 0 bridgehead atoms. The predicted molar refractivity (Wildman–Crippen MR) is 170 cm³/mol. The number of aliphatic hydroxyl groups excluding tert-OH is 1. The zero-order valence-electron chi connectivity index (χ0n) is 26.5. The summed E-state index contributed by atoms with van der Waals surface area (Å²) in [6.45, 7) is 5.66. The molecule has 2 aliphatic rings. The summed E-state index contributed by atoms with van der Waals surface area (Å²) in [4.78, 5) is 31.0. The summed E-state index contributed by atoms with van der Waals surface area (Å²) in [6.07, 6.45) is 13.2. The Morgan fingerprint density at radius 1 is 1.07 bits per heavy atom. The maximum Gasteiger partial charge on any atom is 0.245 e. The van der Waals surface area contributed by atoms with Crippen molar-refractivity contribution in [3.63, 3.8) is 0 Å². The molecule has 9 heteroatoms. The van der Waals surface area contributed by atoms with Crippen LogP contribution in [0.15, 0.2) is 48.9 Å². The number of nitrogens with zero attached hydrogens (tertiary/aromatic N) is 3. The molecule has 2 aromatic heterocycles. The van der Waals surface area contributed by atoms with Crippen molar-refractivity contribution >= 4 is 11.8 Å². The molecule has 2 fully saturated rings. The highest BCUT2D eigenvalue weighted by Gasteiger charge is 2.38. The van der Waals surface area contributed by atoms with Gasteiger partial charge in [0.15, 0.2) is 0 Å². The zero-order valence-corrected chi connectivity index (χ0v) is 26.5. The third kappa shape index (κ3) is 7.32. The van der Waals surface area contributed by atoms with E-state index in [-0.39, 0.29) is 41.8 Å². The molecule has 2 heterocycles. The first-order valence-corrected chi connectivity index (χ1v) is 16.1. The number of pyridine rings is 1. The molecule has 44 heavy (non-hydrogen) atoms. The highest BCUT2D eigenvalue weighted by molar-refractivity contribution is 5.79. The number of aryl methyl sites for hydroxylation is 1. The Kier molecular flexibility index (Phi) is 10.4. The quantitative estimate of drug-likeness (QED) is 0.277. The SMILES string of the molecule is COc1ccc(C2CCC(C(NC(=O)C3CCCCC3)c3cc(-c4cnn(C(C)C)c4)ccn3)CC2NC(=O)CO)cc1C. The number of aliphatic hydroxyl groups is 1. The third-order valence-corrected chi connectivity index (χ3v) is 9.54. The van der Waals surface area contributed by atoms with Gasteiger partial charge in [-0.3, -0.25) is 19.3 Å². The van der Waals surface area contributed by atoms with Gasteiger partial charge in [-0.1, -0.05) is 31.4 Å². The van der Waals surface area contributed by atoms with Gasteiger partial charge in [0.25, 0.3) is 0 Å². The van der Waals surface area contributed by atoms with Gasteiger partial charge >= 0.3 is 0 Å². The number of methoxy groups -OCH3 is 1. The van der Waals surface area contributed by atoms with Crippen LogP contribution in [0.4, 0.5) is 0 Å². The number of aromatic nitrogens is 3. The van der Waals surface area contributed by atoms with Gasteiger partial charge in [0, 0.05) is 41.9 Å². The van der Waals surface area contributed by atoms with Crippen LogP contribution in [-0.4, -0.2) is 51.4 Å². The first-order valence-electron chi connectivity index (χ1n) is 16.1. The fourth-order valence-electron chi connectivity index (χ4n) is 7.09. The van der Waals surface area contributed by atoms with Crippen LogP contribution in [0, 0.1) is 18.8 Å². The van der Waals surface area contributed by atoms with Crippen molar-refractivity contribution in [2.45, 2.75) is 96.2 Å². The lowest BCUT2D eigenvalue weighted by atomic mass is 9.71. The highest BCUT2D eigenvalue weighted by Crippen LogP contribution is 2.42. The van der Waals surface area contributed by atoms with Crippen LogP contribution >= 0.6 is 0 Å². The molecule has 236 valence electrons. The van der Waals surface area contributed by atoms with Gasteiger partial charge in [-0.15, -0.1) is 0 Å². The first-order chi connectivity index (χ1) is 21.3. The molecule has 2 aliphatic carbocycles. The second-order valence-corrected chi connectivity index (χ2v) is 12.8. The van der Waals surface area contributed by atoms with Crippen LogP contribution in [0.5, 0.6) is 5.75 Å². The number of hydrogen-bond donors (Lipinski definition) is 3. The Hall–Kier alpha value is -3.72. The van der Waals surface area contributed by atoms with E-state index in [1.807, 2.05) is 42.3 Å². The van der Waals surface area contributed by atoms with Gasteiger partial charge in [-0.2, -0.15) is 5.10 Å². The van der Waals surface area contributed by atoms with Crippen LogP contribution < -0.4 is 15.4 Å². The molecule has 0 saturated heterocycles. The minimum absolute atomic E-state index is 0.0159. The summed E-state index contributed by atoms with van der Waals surface area (Å²) < 4.78 is 7.42. The second-order valence-electron chi connectivity index (χ2n) is 12.8. The highest BCUT2D eigenvalue weighted by atomic mass is 16.5. The number of hydrogen-bond acceptors (Lipinski definition) is 6. The molecular weight excluding hydrogens is 554 g/mol. The van der Waals surface area contributed by atoms with Gasteiger partial charge < -0.3 is 20.5 Å². The lowest BCUT2D eigenvalue weighted by Gasteiger charge is -2.40. The molecule has 3 aromatic rings. The lowest BCUT2D eigenvalue weighted by molar-refractivity contribution is -0.128. The Bertz CT molecular complexity index is 1430. The lowest BCUT2D eigenvalue weighted by Crippen LogP contribution is -2.47. The fraction of sp³-hybridized carbons (Fsp3) is 0.543. The summed E-state index contributed by atoms with van der Waals surface area (Å²) in [5.41, 5.74) is 5.01. The van der Waals surface area contributed by atoms with Gasteiger partial charge in [-0.25, -0.2) is 0 Å². The Morgan fingerprint density at radius 3 is 2.55 bits per heavy atom. The van der Waals surface area contributed by atoms with E-state index in [0.29, 0.717) is 6.42 Å². The maximum absolute atomic E-state index is 13.7. The van der Waals surface area contributed by atoms with E-state index in [4.69, 9.17) is 9.72 Å². The smallest absolute Gasteiger partial charge is 0.245 e. The Labute approximate surface area is 260 Å². The van der Waals surface area contributed by atoms with Crippen molar-refractivity contribution < 1.29 is 19.4 Å². The topological polar surface area (TPSA) is 118 Å². The number of benzene rings is 1. The van der Waals surface area contributed by atoms with E-state index in [1.54, 1.807) is 7.11 Å². The molecule has 9 nitrogen and oxygen atoms in total. The second kappa shape index (κ2) is 14.4. The number of ether oxygens (including phenoxy) is 1. The van der Waals surface area contributed by atoms with E-state index >= 15 is 0 Å². The summed E-state index contributed by atoms with van der Waals surface area (Å²) >= 11 is 0. The number of rotatable bonds is 10. The van der Waals surface area contributed by atoms with Crippen molar-refractivity contribution in [3.05, 3.63) is 65.7 Å². The molecule has 0 aliphatic heterocycles. The summed E-state index contributed by atoms with van der Waals surface area (Å²) in [5, 5.41) is 20.7. The molecule has 0 spiro atoms. The van der Waals surface area contributed by atoms with Crippen LogP contribution in [0.1, 0.15) is 100 Å².